The van der Waals surface area contributed by atoms with Crippen LogP contribution in [0.4, 0.5) is 5.69 Å². The molecule has 1 aromatic carbocycles. The van der Waals surface area contributed by atoms with Crippen molar-refractivity contribution in [3.05, 3.63) is 29.3 Å². The summed E-state index contributed by atoms with van der Waals surface area (Å²) >= 11 is 4.87. The van der Waals surface area contributed by atoms with Gasteiger partial charge in [-0.25, -0.2) is 0 Å². The van der Waals surface area contributed by atoms with Crippen molar-refractivity contribution in [1.29, 1.82) is 0 Å². The summed E-state index contributed by atoms with van der Waals surface area (Å²) in [4.78, 5) is 2.86. The molecule has 2 nitrogen and oxygen atoms in total. The van der Waals surface area contributed by atoms with Gasteiger partial charge >= 0.3 is 0 Å². The van der Waals surface area contributed by atoms with Crippen molar-refractivity contribution in [2.24, 2.45) is 5.73 Å². The maximum atomic E-state index is 5.48. The first-order valence-corrected chi connectivity index (χ1v) is 5.98. The largest absolute Gasteiger partial charge is 0.393 e. The third-order valence-electron chi connectivity index (χ3n) is 2.68. The normalized spacial score (nSPS) is 10.2. The zero-order valence-electron chi connectivity index (χ0n) is 10.3. The van der Waals surface area contributed by atoms with Gasteiger partial charge in [0.15, 0.2) is 0 Å². The highest BCUT2D eigenvalue weighted by Gasteiger charge is 2.04. The second kappa shape index (κ2) is 5.85. The monoisotopic (exact) mass is 236 g/mol. The van der Waals surface area contributed by atoms with Crippen molar-refractivity contribution in [2.75, 3.05) is 18.5 Å². The molecule has 1 rings (SSSR count). The molecule has 0 aliphatic rings. The fourth-order valence-corrected chi connectivity index (χ4v) is 1.99. The summed E-state index contributed by atoms with van der Waals surface area (Å²) in [6.45, 7) is 5.25. The summed E-state index contributed by atoms with van der Waals surface area (Å²) in [7, 11) is 2.11. The van der Waals surface area contributed by atoms with Crippen LogP contribution in [0.1, 0.15) is 24.0 Å². The standard InChI is InChI=1S/C13H20N2S/c1-10-6-7-12(11(2)9-10)15(3)8-4-5-13(14)16/h6-7,9H,4-5,8H2,1-3H3,(H2,14,16). The first kappa shape index (κ1) is 13.0. The van der Waals surface area contributed by atoms with E-state index >= 15 is 0 Å². The van der Waals surface area contributed by atoms with E-state index in [1.165, 1.54) is 16.8 Å². The lowest BCUT2D eigenvalue weighted by molar-refractivity contribution is 0.816. The van der Waals surface area contributed by atoms with Gasteiger partial charge in [-0.15, -0.1) is 0 Å². The van der Waals surface area contributed by atoms with E-state index in [0.717, 1.165) is 19.4 Å². The highest BCUT2D eigenvalue weighted by Crippen LogP contribution is 2.20. The number of rotatable bonds is 5. The van der Waals surface area contributed by atoms with Gasteiger partial charge in [-0.1, -0.05) is 29.9 Å². The maximum absolute atomic E-state index is 5.48. The van der Waals surface area contributed by atoms with Crippen molar-refractivity contribution >= 4 is 22.9 Å². The summed E-state index contributed by atoms with van der Waals surface area (Å²) in [5.74, 6) is 0. The van der Waals surface area contributed by atoms with E-state index < -0.39 is 0 Å². The molecule has 0 unspecified atom stereocenters. The van der Waals surface area contributed by atoms with Crippen LogP contribution >= 0.6 is 12.2 Å². The Bertz CT molecular complexity index is 374. The van der Waals surface area contributed by atoms with E-state index in [2.05, 4.69) is 44.0 Å². The third kappa shape index (κ3) is 3.81. The van der Waals surface area contributed by atoms with Gasteiger partial charge in [0.25, 0.3) is 0 Å². The second-order valence-electron chi connectivity index (χ2n) is 4.28. The van der Waals surface area contributed by atoms with Gasteiger partial charge in [-0.2, -0.15) is 0 Å². The summed E-state index contributed by atoms with van der Waals surface area (Å²) < 4.78 is 0. The number of nitrogens with zero attached hydrogens (tertiary/aromatic N) is 1. The molecule has 0 aliphatic heterocycles. The maximum Gasteiger partial charge on any atom is 0.0728 e. The summed E-state index contributed by atoms with van der Waals surface area (Å²) in [5.41, 5.74) is 9.39. The first-order chi connectivity index (χ1) is 7.50. The third-order valence-corrected chi connectivity index (χ3v) is 2.88. The van der Waals surface area contributed by atoms with Crippen LogP contribution in [0.2, 0.25) is 0 Å². The van der Waals surface area contributed by atoms with Crippen LogP contribution in [0, 0.1) is 13.8 Å². The molecular formula is C13H20N2S. The molecule has 0 aliphatic carbocycles. The number of aryl methyl sites for hydroxylation is 2. The molecule has 0 aromatic heterocycles. The zero-order valence-corrected chi connectivity index (χ0v) is 11.1. The molecule has 0 fully saturated rings. The van der Waals surface area contributed by atoms with E-state index in [1.54, 1.807) is 0 Å². The number of hydrogen-bond acceptors (Lipinski definition) is 2. The molecule has 16 heavy (non-hydrogen) atoms. The van der Waals surface area contributed by atoms with Crippen LogP contribution in [0.3, 0.4) is 0 Å². The van der Waals surface area contributed by atoms with Crippen molar-refractivity contribution in [1.82, 2.24) is 0 Å². The van der Waals surface area contributed by atoms with Gasteiger partial charge in [-0.05, 0) is 38.3 Å². The minimum atomic E-state index is 0.606. The molecule has 0 bridgehead atoms. The van der Waals surface area contributed by atoms with Crippen LogP contribution in [-0.4, -0.2) is 18.6 Å². The number of benzene rings is 1. The van der Waals surface area contributed by atoms with E-state index in [0.29, 0.717) is 4.99 Å². The minimum absolute atomic E-state index is 0.606. The second-order valence-corrected chi connectivity index (χ2v) is 4.81. The molecule has 88 valence electrons. The Morgan fingerprint density at radius 2 is 2.06 bits per heavy atom. The topological polar surface area (TPSA) is 29.3 Å². The molecule has 0 saturated carbocycles. The first-order valence-electron chi connectivity index (χ1n) is 5.57. The minimum Gasteiger partial charge on any atom is -0.393 e. The van der Waals surface area contributed by atoms with Gasteiger partial charge in [-0.3, -0.25) is 0 Å². The average Bonchev–Trinajstić information content (AvgIpc) is 2.16. The van der Waals surface area contributed by atoms with Crippen LogP contribution in [0.15, 0.2) is 18.2 Å². The Morgan fingerprint density at radius 3 is 2.62 bits per heavy atom. The Labute approximate surface area is 103 Å². The van der Waals surface area contributed by atoms with Gasteiger partial charge in [0.05, 0.1) is 4.99 Å². The number of hydrogen-bond donors (Lipinski definition) is 1. The Kier molecular flexibility index (Phi) is 4.74. The summed E-state index contributed by atoms with van der Waals surface area (Å²) in [6.07, 6.45) is 1.84. The van der Waals surface area contributed by atoms with E-state index in [9.17, 15) is 0 Å². The lowest BCUT2D eigenvalue weighted by atomic mass is 10.1. The highest BCUT2D eigenvalue weighted by molar-refractivity contribution is 7.80. The fraction of sp³-hybridized carbons (Fsp3) is 0.462. The quantitative estimate of drug-likeness (QED) is 0.797. The van der Waals surface area contributed by atoms with Crippen molar-refractivity contribution in [2.45, 2.75) is 26.7 Å². The fourth-order valence-electron chi connectivity index (χ4n) is 1.84. The van der Waals surface area contributed by atoms with Gasteiger partial charge < -0.3 is 10.6 Å². The number of nitrogens with two attached hydrogens (primary N) is 1. The molecule has 0 heterocycles. The van der Waals surface area contributed by atoms with Gasteiger partial charge in [0, 0.05) is 19.3 Å². The zero-order chi connectivity index (χ0) is 12.1. The molecule has 0 saturated heterocycles. The lowest BCUT2D eigenvalue weighted by Crippen LogP contribution is -2.21. The predicted octanol–water partition coefficient (Wildman–Crippen LogP) is 2.81. The van der Waals surface area contributed by atoms with Crippen molar-refractivity contribution < 1.29 is 0 Å². The molecule has 0 spiro atoms. The average molecular weight is 236 g/mol. The molecule has 2 N–H and O–H groups in total. The Balaban J connectivity index is 2.58. The molecule has 0 amide bonds. The van der Waals surface area contributed by atoms with Crippen molar-refractivity contribution in [3.8, 4) is 0 Å². The van der Waals surface area contributed by atoms with Crippen LogP contribution in [-0.2, 0) is 0 Å². The van der Waals surface area contributed by atoms with E-state index in [-0.39, 0.29) is 0 Å². The summed E-state index contributed by atoms with van der Waals surface area (Å²) in [6, 6.07) is 6.53. The van der Waals surface area contributed by atoms with Gasteiger partial charge in [0.2, 0.25) is 0 Å². The van der Waals surface area contributed by atoms with E-state index in [4.69, 9.17) is 18.0 Å². The molecule has 0 radical (unpaired) electrons. The van der Waals surface area contributed by atoms with Crippen LogP contribution in [0.25, 0.3) is 0 Å². The number of thiocarbonyl (C=S) groups is 1. The van der Waals surface area contributed by atoms with E-state index in [1.807, 2.05) is 0 Å². The molecular weight excluding hydrogens is 216 g/mol. The Hall–Kier alpha value is -1.09. The molecule has 1 aromatic rings. The van der Waals surface area contributed by atoms with Gasteiger partial charge in [0.1, 0.15) is 0 Å². The predicted molar refractivity (Wildman–Crippen MR) is 75.2 cm³/mol. The lowest BCUT2D eigenvalue weighted by Gasteiger charge is -2.21. The van der Waals surface area contributed by atoms with Crippen LogP contribution < -0.4 is 10.6 Å². The SMILES string of the molecule is Cc1ccc(N(C)CCCC(N)=S)c(C)c1. The number of anilines is 1. The van der Waals surface area contributed by atoms with Crippen LogP contribution in [0.5, 0.6) is 0 Å². The Morgan fingerprint density at radius 1 is 1.38 bits per heavy atom. The smallest absolute Gasteiger partial charge is 0.0728 e. The highest BCUT2D eigenvalue weighted by atomic mass is 32.1. The van der Waals surface area contributed by atoms with Crippen molar-refractivity contribution in [3.63, 3.8) is 0 Å². The molecule has 3 heteroatoms. The summed E-state index contributed by atoms with van der Waals surface area (Å²) in [5, 5.41) is 0. The molecule has 0 atom stereocenters.